The Morgan fingerprint density at radius 2 is 1.34 bits per heavy atom. The number of fused-ring (bicyclic) bond motifs is 3. The van der Waals surface area contributed by atoms with Crippen molar-refractivity contribution in [3.8, 4) is 22.4 Å². The van der Waals surface area contributed by atoms with Gasteiger partial charge in [0.15, 0.2) is 0 Å². The Balaban J connectivity index is 1.80. The van der Waals surface area contributed by atoms with E-state index in [0.29, 0.717) is 6.10 Å². The lowest BCUT2D eigenvalue weighted by molar-refractivity contribution is 0.386. The van der Waals surface area contributed by atoms with Crippen LogP contribution >= 0.6 is 0 Å². The van der Waals surface area contributed by atoms with Gasteiger partial charge in [-0.1, -0.05) is 97.1 Å². The van der Waals surface area contributed by atoms with Gasteiger partial charge < -0.3 is 9.30 Å². The number of nitrogens with zero attached hydrogens (tertiary/aromatic N) is 1. The van der Waals surface area contributed by atoms with Gasteiger partial charge in [-0.3, -0.25) is 0 Å². The summed E-state index contributed by atoms with van der Waals surface area (Å²) in [5.41, 5.74) is 6.38. The molecule has 1 saturated heterocycles. The van der Waals surface area contributed by atoms with Gasteiger partial charge >= 0.3 is 0 Å². The van der Waals surface area contributed by atoms with Crippen LogP contribution in [-0.2, 0) is 11.3 Å². The van der Waals surface area contributed by atoms with E-state index in [-0.39, 0.29) is 0 Å². The van der Waals surface area contributed by atoms with Crippen molar-refractivity contribution >= 4 is 21.7 Å². The van der Waals surface area contributed by atoms with E-state index in [4.69, 9.17) is 4.74 Å². The third kappa shape index (κ3) is 2.76. The van der Waals surface area contributed by atoms with Crippen LogP contribution in [0.3, 0.4) is 0 Å². The average Bonchev–Trinajstić information content (AvgIpc) is 3.55. The summed E-state index contributed by atoms with van der Waals surface area (Å²) < 4.78 is 8.15. The van der Waals surface area contributed by atoms with Crippen LogP contribution in [0.2, 0.25) is 0 Å². The quantitative estimate of drug-likeness (QED) is 0.327. The molecule has 1 aromatic heterocycles. The predicted octanol–water partition coefficient (Wildman–Crippen LogP) is 6.53. The molecule has 1 aliphatic rings. The van der Waals surface area contributed by atoms with E-state index in [1.54, 1.807) is 0 Å². The van der Waals surface area contributed by atoms with Crippen molar-refractivity contribution in [3.63, 3.8) is 0 Å². The highest BCUT2D eigenvalue weighted by molar-refractivity contribution is 6.15. The summed E-state index contributed by atoms with van der Waals surface area (Å²) >= 11 is 0. The van der Waals surface area contributed by atoms with Gasteiger partial charge in [-0.2, -0.15) is 0 Å². The Morgan fingerprint density at radius 3 is 2.07 bits per heavy atom. The van der Waals surface area contributed by atoms with E-state index < -0.39 is 0 Å². The van der Waals surface area contributed by atoms with Crippen LogP contribution in [0.25, 0.3) is 44.1 Å². The average molecular weight is 375 g/mol. The lowest BCUT2D eigenvalue weighted by Gasteiger charge is -2.12. The van der Waals surface area contributed by atoms with E-state index >= 15 is 0 Å². The van der Waals surface area contributed by atoms with Gasteiger partial charge in [0, 0.05) is 16.3 Å². The Labute approximate surface area is 170 Å². The second-order valence-corrected chi connectivity index (χ2v) is 7.70. The SMILES string of the molecule is c1ccc(-c2c(-c3ccccc3)n(CC3CO3)c3c2ccc2ccccc23)cc1. The van der Waals surface area contributed by atoms with Gasteiger partial charge in [0.1, 0.15) is 0 Å². The molecule has 2 heteroatoms. The number of benzene rings is 4. The topological polar surface area (TPSA) is 17.5 Å². The van der Waals surface area contributed by atoms with Crippen molar-refractivity contribution in [1.29, 1.82) is 0 Å². The Kier molecular flexibility index (Phi) is 3.78. The molecule has 140 valence electrons. The first-order valence-corrected chi connectivity index (χ1v) is 10.2. The minimum absolute atomic E-state index is 0.302. The van der Waals surface area contributed by atoms with Crippen LogP contribution < -0.4 is 0 Å². The molecule has 1 unspecified atom stereocenters. The molecule has 2 heterocycles. The zero-order valence-corrected chi connectivity index (χ0v) is 16.1. The van der Waals surface area contributed by atoms with Crippen molar-refractivity contribution in [2.24, 2.45) is 0 Å². The summed E-state index contributed by atoms with van der Waals surface area (Å²) in [4.78, 5) is 0. The van der Waals surface area contributed by atoms with Crippen LogP contribution in [0.1, 0.15) is 0 Å². The van der Waals surface area contributed by atoms with Crippen LogP contribution in [0.4, 0.5) is 0 Å². The molecule has 1 atom stereocenters. The molecule has 0 bridgehead atoms. The molecule has 0 amide bonds. The lowest BCUT2D eigenvalue weighted by atomic mass is 9.97. The predicted molar refractivity (Wildman–Crippen MR) is 120 cm³/mol. The maximum absolute atomic E-state index is 5.66. The van der Waals surface area contributed by atoms with E-state index in [2.05, 4.69) is 102 Å². The number of ether oxygens (including phenoxy) is 1. The zero-order chi connectivity index (χ0) is 19.2. The molecule has 1 aliphatic heterocycles. The Morgan fingerprint density at radius 1 is 0.690 bits per heavy atom. The summed E-state index contributed by atoms with van der Waals surface area (Å²) in [5.74, 6) is 0. The van der Waals surface area contributed by atoms with E-state index in [1.807, 2.05) is 0 Å². The van der Waals surface area contributed by atoms with Crippen molar-refractivity contribution in [2.75, 3.05) is 6.61 Å². The van der Waals surface area contributed by atoms with E-state index in [0.717, 1.165) is 13.2 Å². The second kappa shape index (κ2) is 6.61. The molecule has 2 nitrogen and oxygen atoms in total. The van der Waals surface area contributed by atoms with Crippen LogP contribution in [0.15, 0.2) is 97.1 Å². The maximum Gasteiger partial charge on any atom is 0.0988 e. The number of rotatable bonds is 4. The molecule has 0 N–H and O–H groups in total. The minimum Gasteiger partial charge on any atom is -0.371 e. The van der Waals surface area contributed by atoms with Gasteiger partial charge in [-0.25, -0.2) is 0 Å². The van der Waals surface area contributed by atoms with Crippen LogP contribution in [0.5, 0.6) is 0 Å². The fraction of sp³-hybridized carbons (Fsp3) is 0.111. The van der Waals surface area contributed by atoms with Gasteiger partial charge in [-0.05, 0) is 16.5 Å². The number of aromatic nitrogens is 1. The third-order valence-corrected chi connectivity index (χ3v) is 5.84. The van der Waals surface area contributed by atoms with Gasteiger partial charge in [0.2, 0.25) is 0 Å². The molecule has 29 heavy (non-hydrogen) atoms. The van der Waals surface area contributed by atoms with E-state index in [1.165, 1.54) is 44.1 Å². The minimum atomic E-state index is 0.302. The van der Waals surface area contributed by atoms with Crippen LogP contribution in [-0.4, -0.2) is 17.3 Å². The first kappa shape index (κ1) is 16.6. The molecule has 4 aromatic carbocycles. The number of hydrogen-bond donors (Lipinski definition) is 0. The molecule has 0 spiro atoms. The number of hydrogen-bond acceptors (Lipinski definition) is 1. The van der Waals surface area contributed by atoms with Gasteiger partial charge in [0.05, 0.1) is 30.5 Å². The fourth-order valence-electron chi connectivity index (χ4n) is 4.47. The summed E-state index contributed by atoms with van der Waals surface area (Å²) in [6.07, 6.45) is 0.302. The lowest BCUT2D eigenvalue weighted by Crippen LogP contribution is -2.06. The smallest absolute Gasteiger partial charge is 0.0988 e. The largest absolute Gasteiger partial charge is 0.371 e. The molecule has 0 radical (unpaired) electrons. The Hall–Kier alpha value is -3.36. The molecule has 0 saturated carbocycles. The zero-order valence-electron chi connectivity index (χ0n) is 16.1. The summed E-state index contributed by atoms with van der Waals surface area (Å²) in [7, 11) is 0. The van der Waals surface area contributed by atoms with Crippen molar-refractivity contribution in [3.05, 3.63) is 97.1 Å². The summed E-state index contributed by atoms with van der Waals surface area (Å²) in [6, 6.07) is 34.7. The third-order valence-electron chi connectivity index (χ3n) is 5.84. The Bertz CT molecular complexity index is 1310. The van der Waals surface area contributed by atoms with Crippen molar-refractivity contribution < 1.29 is 4.74 Å². The summed E-state index contributed by atoms with van der Waals surface area (Å²) in [5, 5.41) is 3.87. The molecular weight excluding hydrogens is 354 g/mol. The maximum atomic E-state index is 5.66. The second-order valence-electron chi connectivity index (χ2n) is 7.70. The molecule has 6 rings (SSSR count). The van der Waals surface area contributed by atoms with Gasteiger partial charge in [-0.15, -0.1) is 0 Å². The normalized spacial score (nSPS) is 15.8. The first-order chi connectivity index (χ1) is 14.4. The molecular formula is C27H21NO. The highest BCUT2D eigenvalue weighted by Gasteiger charge is 2.28. The highest BCUT2D eigenvalue weighted by atomic mass is 16.6. The fourth-order valence-corrected chi connectivity index (χ4v) is 4.47. The first-order valence-electron chi connectivity index (χ1n) is 10.2. The molecule has 5 aromatic rings. The monoisotopic (exact) mass is 375 g/mol. The van der Waals surface area contributed by atoms with Crippen molar-refractivity contribution in [1.82, 2.24) is 4.57 Å². The van der Waals surface area contributed by atoms with Gasteiger partial charge in [0.25, 0.3) is 0 Å². The van der Waals surface area contributed by atoms with Crippen LogP contribution in [0, 0.1) is 0 Å². The molecule has 0 aliphatic carbocycles. The summed E-state index contributed by atoms with van der Waals surface area (Å²) in [6.45, 7) is 1.72. The standard InChI is InChI=1S/C27H21NO/c1-3-10-20(11-4-1)25-24-16-15-19-9-7-8-14-23(19)27(24)28(17-22-18-29-22)26(25)21-12-5-2-6-13-21/h1-16,22H,17-18H2. The van der Waals surface area contributed by atoms with E-state index in [9.17, 15) is 0 Å². The number of epoxide rings is 1. The molecule has 1 fully saturated rings. The van der Waals surface area contributed by atoms with Crippen molar-refractivity contribution in [2.45, 2.75) is 12.6 Å². The highest BCUT2D eigenvalue weighted by Crippen LogP contribution is 2.43.